The first-order chi connectivity index (χ1) is 7.47. The predicted octanol–water partition coefficient (Wildman–Crippen LogP) is 5.65. The van der Waals surface area contributed by atoms with Crippen LogP contribution in [0.3, 0.4) is 0 Å². The number of rotatable bonds is 1. The van der Waals surface area contributed by atoms with Crippen LogP contribution in [0.4, 0.5) is 0 Å². The van der Waals surface area contributed by atoms with Crippen LogP contribution in [0.1, 0.15) is 11.5 Å². The quantitative estimate of drug-likeness (QED) is 0.595. The van der Waals surface area contributed by atoms with E-state index in [1.165, 1.54) is 5.56 Å². The summed E-state index contributed by atoms with van der Waals surface area (Å²) in [5, 5.41) is 0. The maximum atomic E-state index is 5.04. The fourth-order valence-corrected chi connectivity index (χ4v) is 1.33. The van der Waals surface area contributed by atoms with Crippen LogP contribution in [0.5, 0.6) is 0 Å². The SMILES string of the molecule is C1=CC(c2ccccc2)C=C1.[Cl][Zr]([Cl])([Cl])[Cl]. The second kappa shape index (κ2) is 7.24. The maximum absolute atomic E-state index is 5.04. The van der Waals surface area contributed by atoms with Crippen LogP contribution in [-0.2, 0) is 15.5 Å². The molecule has 0 unspecified atom stereocenters. The van der Waals surface area contributed by atoms with Gasteiger partial charge in [-0.2, -0.15) is 0 Å². The Morgan fingerprint density at radius 3 is 1.69 bits per heavy atom. The Morgan fingerprint density at radius 2 is 1.25 bits per heavy atom. The predicted molar refractivity (Wildman–Crippen MR) is 70.9 cm³/mol. The number of halogens is 4. The third-order valence-corrected chi connectivity index (χ3v) is 1.93. The van der Waals surface area contributed by atoms with Crippen molar-refractivity contribution in [3.63, 3.8) is 0 Å². The molecule has 0 aromatic heterocycles. The van der Waals surface area contributed by atoms with Crippen molar-refractivity contribution in [2.45, 2.75) is 5.92 Å². The van der Waals surface area contributed by atoms with Crippen molar-refractivity contribution in [2.24, 2.45) is 0 Å². The molecule has 2 rings (SSSR count). The zero-order valence-corrected chi connectivity index (χ0v) is 13.8. The fourth-order valence-electron chi connectivity index (χ4n) is 1.33. The van der Waals surface area contributed by atoms with Crippen LogP contribution in [-0.4, -0.2) is 0 Å². The molecule has 0 radical (unpaired) electrons. The standard InChI is InChI=1S/C11H10.4ClH.Zr/c1-2-6-10(7-3-1)11-8-4-5-9-11;;;;;/h1-9,11H;4*1H;/q;;;;;+4/p-4. The average molecular weight is 375 g/mol. The summed E-state index contributed by atoms with van der Waals surface area (Å²) in [7, 11) is 20.1. The molecule has 0 aliphatic heterocycles. The van der Waals surface area contributed by atoms with Gasteiger partial charge in [-0.15, -0.1) is 0 Å². The van der Waals surface area contributed by atoms with Crippen LogP contribution in [0.2, 0.25) is 0 Å². The summed E-state index contributed by atoms with van der Waals surface area (Å²) in [4.78, 5) is 0. The van der Waals surface area contributed by atoms with Crippen molar-refractivity contribution in [3.8, 4) is 0 Å². The van der Waals surface area contributed by atoms with E-state index in [1.54, 1.807) is 0 Å². The molecule has 0 nitrogen and oxygen atoms in total. The Kier molecular flexibility index (Phi) is 6.70. The summed E-state index contributed by atoms with van der Waals surface area (Å²) in [6.07, 6.45) is 8.60. The van der Waals surface area contributed by atoms with Crippen molar-refractivity contribution < 1.29 is 15.5 Å². The van der Waals surface area contributed by atoms with E-state index in [0.717, 1.165) is 0 Å². The molecule has 1 aromatic rings. The van der Waals surface area contributed by atoms with E-state index in [2.05, 4.69) is 48.6 Å². The Balaban J connectivity index is 0.000000221. The van der Waals surface area contributed by atoms with Gasteiger partial charge in [0, 0.05) is 5.92 Å². The first kappa shape index (κ1) is 14.8. The van der Waals surface area contributed by atoms with Gasteiger partial charge in [-0.3, -0.25) is 0 Å². The molecular weight excluding hydrogens is 365 g/mol. The monoisotopic (exact) mass is 372 g/mol. The van der Waals surface area contributed by atoms with Gasteiger partial charge < -0.3 is 0 Å². The normalized spacial score (nSPS) is 14.8. The Morgan fingerprint density at radius 1 is 0.812 bits per heavy atom. The summed E-state index contributed by atoms with van der Waals surface area (Å²) in [5.74, 6) is 0.510. The van der Waals surface area contributed by atoms with E-state index >= 15 is 0 Å². The summed E-state index contributed by atoms with van der Waals surface area (Å²) >= 11 is -3.29. The Bertz CT molecular complexity index is 349. The molecular formula is C11H10Cl4Zr. The minimum absolute atomic E-state index is 0.510. The molecule has 0 spiro atoms. The van der Waals surface area contributed by atoms with Crippen molar-refractivity contribution in [3.05, 3.63) is 60.2 Å². The molecule has 0 fully saturated rings. The van der Waals surface area contributed by atoms with E-state index in [1.807, 2.05) is 6.07 Å². The molecule has 0 saturated carbocycles. The van der Waals surface area contributed by atoms with E-state index in [0.29, 0.717) is 5.92 Å². The average Bonchev–Trinajstić information content (AvgIpc) is 2.69. The number of allylic oxidation sites excluding steroid dienone is 4. The van der Waals surface area contributed by atoms with Gasteiger partial charge in [0.2, 0.25) is 0 Å². The van der Waals surface area contributed by atoms with Gasteiger partial charge in [-0.1, -0.05) is 54.6 Å². The molecule has 0 atom stereocenters. The van der Waals surface area contributed by atoms with Gasteiger partial charge in [-0.25, -0.2) is 0 Å². The molecule has 0 amide bonds. The van der Waals surface area contributed by atoms with Crippen molar-refractivity contribution >= 4 is 34.1 Å². The molecule has 86 valence electrons. The van der Waals surface area contributed by atoms with Crippen LogP contribution in [0.15, 0.2) is 54.6 Å². The number of benzene rings is 1. The van der Waals surface area contributed by atoms with Crippen LogP contribution >= 0.6 is 34.1 Å². The molecule has 1 aromatic carbocycles. The van der Waals surface area contributed by atoms with Crippen LogP contribution in [0.25, 0.3) is 0 Å². The zero-order valence-electron chi connectivity index (χ0n) is 8.29. The molecule has 16 heavy (non-hydrogen) atoms. The van der Waals surface area contributed by atoms with E-state index in [9.17, 15) is 0 Å². The van der Waals surface area contributed by atoms with E-state index in [4.69, 9.17) is 34.1 Å². The van der Waals surface area contributed by atoms with Crippen LogP contribution < -0.4 is 0 Å². The molecule has 0 heterocycles. The molecule has 1 aliphatic carbocycles. The Labute approximate surface area is 114 Å². The minimum atomic E-state index is -3.29. The topological polar surface area (TPSA) is 0 Å². The molecule has 0 saturated heterocycles. The van der Waals surface area contributed by atoms with Crippen molar-refractivity contribution in [2.75, 3.05) is 0 Å². The van der Waals surface area contributed by atoms with Gasteiger partial charge in [0.1, 0.15) is 0 Å². The Hall–Kier alpha value is 0.743. The van der Waals surface area contributed by atoms with Crippen LogP contribution in [0, 0.1) is 0 Å². The third-order valence-electron chi connectivity index (χ3n) is 1.93. The van der Waals surface area contributed by atoms with Crippen molar-refractivity contribution in [1.29, 1.82) is 0 Å². The van der Waals surface area contributed by atoms with E-state index < -0.39 is 15.5 Å². The molecule has 1 aliphatic rings. The fraction of sp³-hybridized carbons (Fsp3) is 0.0909. The summed E-state index contributed by atoms with van der Waals surface area (Å²) in [6.45, 7) is 0. The summed E-state index contributed by atoms with van der Waals surface area (Å²) in [6, 6.07) is 10.5. The van der Waals surface area contributed by atoms with Gasteiger partial charge in [-0.05, 0) is 5.56 Å². The third kappa shape index (κ3) is 7.14. The summed E-state index contributed by atoms with van der Waals surface area (Å²) in [5.41, 5.74) is 1.37. The van der Waals surface area contributed by atoms with Gasteiger partial charge >= 0.3 is 49.5 Å². The second-order valence-corrected chi connectivity index (χ2v) is 25.5. The summed E-state index contributed by atoms with van der Waals surface area (Å²) < 4.78 is 0. The molecule has 5 heteroatoms. The number of hydrogen-bond acceptors (Lipinski definition) is 0. The second-order valence-electron chi connectivity index (χ2n) is 3.13. The molecule has 0 N–H and O–H groups in total. The first-order valence-electron chi connectivity index (χ1n) is 4.62. The molecule has 0 bridgehead atoms. The number of hydrogen-bond donors (Lipinski definition) is 0. The van der Waals surface area contributed by atoms with E-state index in [-0.39, 0.29) is 0 Å². The van der Waals surface area contributed by atoms with Crippen molar-refractivity contribution in [1.82, 2.24) is 0 Å². The zero-order chi connectivity index (χ0) is 12.0. The van der Waals surface area contributed by atoms with Gasteiger partial charge in [0.05, 0.1) is 0 Å². The van der Waals surface area contributed by atoms with Gasteiger partial charge in [0.25, 0.3) is 0 Å². The van der Waals surface area contributed by atoms with Gasteiger partial charge in [0.15, 0.2) is 0 Å². The first-order valence-corrected chi connectivity index (χ1v) is 17.3.